The molecule has 0 saturated carbocycles. The lowest BCUT2D eigenvalue weighted by Crippen LogP contribution is -2.16. The largest absolute Gasteiger partial charge is 0.573 e. The number of hydrogen-bond acceptors (Lipinski definition) is 8. The van der Waals surface area contributed by atoms with Gasteiger partial charge in [0.15, 0.2) is 5.69 Å². The van der Waals surface area contributed by atoms with Crippen LogP contribution in [0.1, 0.15) is 5.69 Å². The van der Waals surface area contributed by atoms with Crippen molar-refractivity contribution >= 4 is 32.8 Å². The smallest absolute Gasteiger partial charge is 0.406 e. The van der Waals surface area contributed by atoms with Crippen molar-refractivity contribution in [2.45, 2.75) is 18.2 Å². The molecule has 0 fully saturated rings. The van der Waals surface area contributed by atoms with E-state index in [1.807, 2.05) is 0 Å². The Morgan fingerprint density at radius 1 is 1.09 bits per heavy atom. The second-order valence-corrected chi connectivity index (χ2v) is 9.24. The van der Waals surface area contributed by atoms with Crippen LogP contribution in [-0.2, 0) is 10.1 Å². The summed E-state index contributed by atoms with van der Waals surface area (Å²) in [7, 11) is -4.34. The Labute approximate surface area is 199 Å². The minimum atomic E-state index is -4.79. The maximum atomic E-state index is 12.8. The van der Waals surface area contributed by atoms with Gasteiger partial charge in [-0.25, -0.2) is 4.98 Å². The van der Waals surface area contributed by atoms with Crippen LogP contribution in [0.4, 0.5) is 24.5 Å². The van der Waals surface area contributed by atoms with Crippen molar-refractivity contribution in [3.8, 4) is 22.1 Å². The summed E-state index contributed by atoms with van der Waals surface area (Å²) in [5, 5.41) is 12.6. The van der Waals surface area contributed by atoms with E-state index >= 15 is 0 Å². The highest BCUT2D eigenvalue weighted by molar-refractivity contribution is 7.85. The SMILES string of the molecule is Cc1[nH]n(-c2nc(-c3ccc(OC(F)(F)F)cc3)cs2)c(=O)c1N=Nc1ccc(S(=O)(=O)O)cc1. The molecule has 182 valence electrons. The number of aryl methyl sites for hydroxylation is 1. The third-order valence-corrected chi connectivity index (χ3v) is 6.20. The van der Waals surface area contributed by atoms with E-state index in [4.69, 9.17) is 4.55 Å². The number of aromatic amines is 1. The highest BCUT2D eigenvalue weighted by Gasteiger charge is 2.31. The third kappa shape index (κ3) is 5.64. The Balaban J connectivity index is 1.56. The number of ether oxygens (including phenoxy) is 1. The second-order valence-electron chi connectivity index (χ2n) is 6.98. The molecule has 0 aliphatic heterocycles. The molecule has 0 amide bonds. The molecule has 0 aliphatic rings. The van der Waals surface area contributed by atoms with Gasteiger partial charge in [0.2, 0.25) is 5.13 Å². The molecule has 0 bridgehead atoms. The number of alkyl halides is 3. The van der Waals surface area contributed by atoms with Gasteiger partial charge >= 0.3 is 11.9 Å². The summed E-state index contributed by atoms with van der Waals surface area (Å²) in [6.07, 6.45) is -4.79. The van der Waals surface area contributed by atoms with Gasteiger partial charge in [-0.05, 0) is 55.5 Å². The fourth-order valence-corrected chi connectivity index (χ4v) is 4.18. The summed E-state index contributed by atoms with van der Waals surface area (Å²) in [5.41, 5.74) is 1.04. The molecular weight excluding hydrogens is 511 g/mol. The summed E-state index contributed by atoms with van der Waals surface area (Å²) >= 11 is 1.12. The van der Waals surface area contributed by atoms with E-state index in [-0.39, 0.29) is 27.2 Å². The number of H-pyrrole nitrogens is 1. The number of benzene rings is 2. The first-order valence-electron chi connectivity index (χ1n) is 9.54. The summed E-state index contributed by atoms with van der Waals surface area (Å²) in [6, 6.07) is 10.1. The monoisotopic (exact) mass is 525 g/mol. The van der Waals surface area contributed by atoms with Gasteiger partial charge in [0.05, 0.1) is 22.0 Å². The minimum Gasteiger partial charge on any atom is -0.406 e. The Morgan fingerprint density at radius 3 is 2.34 bits per heavy atom. The molecule has 0 radical (unpaired) electrons. The molecule has 2 aromatic carbocycles. The van der Waals surface area contributed by atoms with Gasteiger partial charge in [-0.2, -0.15) is 18.2 Å². The quantitative estimate of drug-likeness (QED) is 0.263. The van der Waals surface area contributed by atoms with Gasteiger partial charge in [0.25, 0.3) is 10.1 Å². The van der Waals surface area contributed by atoms with Crippen LogP contribution in [0, 0.1) is 6.92 Å². The average Bonchev–Trinajstić information content (AvgIpc) is 3.36. The number of azo groups is 1. The van der Waals surface area contributed by atoms with Crippen molar-refractivity contribution in [1.29, 1.82) is 0 Å². The van der Waals surface area contributed by atoms with E-state index in [0.717, 1.165) is 40.3 Å². The van der Waals surface area contributed by atoms with Gasteiger partial charge < -0.3 is 4.74 Å². The van der Waals surface area contributed by atoms with Crippen LogP contribution in [0.15, 0.2) is 73.8 Å². The highest BCUT2D eigenvalue weighted by Crippen LogP contribution is 2.28. The first-order valence-corrected chi connectivity index (χ1v) is 11.9. The van der Waals surface area contributed by atoms with E-state index in [1.54, 1.807) is 12.3 Å². The van der Waals surface area contributed by atoms with Gasteiger partial charge in [-0.15, -0.1) is 29.6 Å². The first-order chi connectivity index (χ1) is 16.4. The number of nitrogens with one attached hydrogen (secondary N) is 1. The summed E-state index contributed by atoms with van der Waals surface area (Å²) in [6.45, 7) is 1.60. The van der Waals surface area contributed by atoms with Crippen molar-refractivity contribution in [3.63, 3.8) is 0 Å². The predicted octanol–water partition coefficient (Wildman–Crippen LogP) is 5.16. The molecule has 4 aromatic rings. The molecule has 2 heterocycles. The zero-order chi connectivity index (χ0) is 25.4. The Morgan fingerprint density at radius 2 is 1.74 bits per heavy atom. The van der Waals surface area contributed by atoms with E-state index < -0.39 is 22.0 Å². The Kier molecular flexibility index (Phi) is 6.31. The number of nitrogens with zero attached hydrogens (tertiary/aromatic N) is 4. The van der Waals surface area contributed by atoms with E-state index in [9.17, 15) is 26.4 Å². The number of aromatic nitrogens is 3. The van der Waals surface area contributed by atoms with Gasteiger partial charge in [0.1, 0.15) is 5.75 Å². The molecule has 0 unspecified atom stereocenters. The maximum absolute atomic E-state index is 12.8. The summed E-state index contributed by atoms with van der Waals surface area (Å²) < 4.78 is 73.2. The van der Waals surface area contributed by atoms with Crippen LogP contribution in [0.3, 0.4) is 0 Å². The zero-order valence-electron chi connectivity index (χ0n) is 17.5. The normalized spacial score (nSPS) is 12.4. The zero-order valence-corrected chi connectivity index (χ0v) is 19.1. The van der Waals surface area contributed by atoms with Crippen LogP contribution in [-0.4, -0.2) is 34.1 Å². The first kappa shape index (κ1) is 24.3. The molecule has 10 nitrogen and oxygen atoms in total. The molecular formula is C20H14F3N5O5S2. The number of halogens is 3. The summed E-state index contributed by atoms with van der Waals surface area (Å²) in [5.74, 6) is -0.365. The number of rotatable bonds is 6. The van der Waals surface area contributed by atoms with Crippen molar-refractivity contribution in [3.05, 3.63) is 70.0 Å². The molecule has 2 aromatic heterocycles. The molecule has 0 spiro atoms. The molecule has 35 heavy (non-hydrogen) atoms. The fraction of sp³-hybridized carbons (Fsp3) is 0.100. The topological polar surface area (TPSA) is 139 Å². The lowest BCUT2D eigenvalue weighted by molar-refractivity contribution is -0.274. The molecule has 0 atom stereocenters. The standard InChI is InChI=1S/C20H14F3N5O5S2/c1-11-17(26-25-13-4-8-15(9-5-13)35(30,31)32)18(29)28(27-11)19-24-16(10-34-19)12-2-6-14(7-3-12)33-20(21,22)23/h2-10,27H,1H3,(H,30,31,32). The molecule has 2 N–H and O–H groups in total. The minimum absolute atomic E-state index is 0.00532. The Bertz CT molecular complexity index is 1550. The lowest BCUT2D eigenvalue weighted by Gasteiger charge is -2.08. The molecule has 4 rings (SSSR count). The van der Waals surface area contributed by atoms with E-state index in [2.05, 4.69) is 25.0 Å². The van der Waals surface area contributed by atoms with Crippen molar-refractivity contribution in [2.75, 3.05) is 0 Å². The maximum Gasteiger partial charge on any atom is 0.573 e. The van der Waals surface area contributed by atoms with E-state index in [1.165, 1.54) is 24.3 Å². The third-order valence-electron chi connectivity index (χ3n) is 4.51. The number of thiazole rings is 1. The van der Waals surface area contributed by atoms with E-state index in [0.29, 0.717) is 17.0 Å². The van der Waals surface area contributed by atoms with Crippen LogP contribution >= 0.6 is 11.3 Å². The van der Waals surface area contributed by atoms with Crippen LogP contribution in [0.25, 0.3) is 16.4 Å². The summed E-state index contributed by atoms with van der Waals surface area (Å²) in [4.78, 5) is 16.9. The average molecular weight is 525 g/mol. The van der Waals surface area contributed by atoms with Gasteiger partial charge in [-0.3, -0.25) is 14.4 Å². The predicted molar refractivity (Wildman–Crippen MR) is 119 cm³/mol. The van der Waals surface area contributed by atoms with Crippen LogP contribution in [0.2, 0.25) is 0 Å². The second kappa shape index (κ2) is 9.09. The van der Waals surface area contributed by atoms with Crippen molar-refractivity contribution < 1.29 is 30.9 Å². The fourth-order valence-electron chi connectivity index (χ4n) is 2.91. The van der Waals surface area contributed by atoms with Crippen molar-refractivity contribution in [2.24, 2.45) is 10.2 Å². The highest BCUT2D eigenvalue weighted by atomic mass is 32.2. The van der Waals surface area contributed by atoms with Crippen molar-refractivity contribution in [1.82, 2.24) is 14.8 Å². The Hall–Kier alpha value is -3.82. The van der Waals surface area contributed by atoms with Gasteiger partial charge in [-0.1, -0.05) is 0 Å². The lowest BCUT2D eigenvalue weighted by atomic mass is 10.2. The molecule has 15 heteroatoms. The molecule has 0 aliphatic carbocycles. The van der Waals surface area contributed by atoms with Crippen LogP contribution in [0.5, 0.6) is 5.75 Å². The van der Waals surface area contributed by atoms with Gasteiger partial charge in [0, 0.05) is 10.9 Å². The number of hydrogen-bond donors (Lipinski definition) is 2. The van der Waals surface area contributed by atoms with Crippen LogP contribution < -0.4 is 10.3 Å². The molecule has 0 saturated heterocycles.